The smallest absolute Gasteiger partial charge is 0.311 e. The lowest BCUT2D eigenvalue weighted by atomic mass is 9.81. The van der Waals surface area contributed by atoms with E-state index in [0.29, 0.717) is 17.8 Å². The number of hydrogen-bond acceptors (Lipinski definition) is 4. The highest BCUT2D eigenvalue weighted by molar-refractivity contribution is 5.77. The van der Waals surface area contributed by atoms with Gasteiger partial charge >= 0.3 is 5.97 Å². The van der Waals surface area contributed by atoms with E-state index >= 15 is 0 Å². The van der Waals surface area contributed by atoms with Crippen LogP contribution < -0.4 is 4.90 Å². The molecule has 5 nitrogen and oxygen atoms in total. The first kappa shape index (κ1) is 12.9. The van der Waals surface area contributed by atoms with Crippen LogP contribution in [-0.2, 0) is 4.79 Å². The molecule has 1 aromatic heterocycles. The lowest BCUT2D eigenvalue weighted by molar-refractivity contribution is -0.149. The molecule has 1 N–H and O–H groups in total. The van der Waals surface area contributed by atoms with Crippen LogP contribution in [0.5, 0.6) is 0 Å². The molecule has 1 saturated heterocycles. The maximum atomic E-state index is 11.7. The summed E-state index contributed by atoms with van der Waals surface area (Å²) < 4.78 is 0. The molecule has 0 radical (unpaired) electrons. The van der Waals surface area contributed by atoms with Crippen LogP contribution >= 0.6 is 0 Å². The third-order valence-electron chi connectivity index (χ3n) is 4.81. The van der Waals surface area contributed by atoms with E-state index in [9.17, 15) is 9.90 Å². The van der Waals surface area contributed by atoms with Gasteiger partial charge in [-0.1, -0.05) is 6.42 Å². The summed E-state index contributed by atoms with van der Waals surface area (Å²) in [5.41, 5.74) is 0.677. The van der Waals surface area contributed by atoms with E-state index in [2.05, 4.69) is 16.0 Å². The molecule has 1 aromatic rings. The summed E-state index contributed by atoms with van der Waals surface area (Å²) in [6, 6.07) is 5.69. The van der Waals surface area contributed by atoms with E-state index in [1.807, 2.05) is 13.0 Å². The second-order valence-electron chi connectivity index (χ2n) is 5.85. The molecule has 0 spiro atoms. The molecule has 0 unspecified atom stereocenters. The van der Waals surface area contributed by atoms with Crippen molar-refractivity contribution in [2.45, 2.75) is 26.2 Å². The highest BCUT2D eigenvalue weighted by Gasteiger charge is 2.55. The normalized spacial score (nSPS) is 28.2. The minimum absolute atomic E-state index is 0.220. The molecule has 2 atom stereocenters. The minimum Gasteiger partial charge on any atom is -0.481 e. The average Bonchev–Trinajstić information content (AvgIpc) is 2.96. The SMILES string of the molecule is Cc1nc(N2C[C@@H]3CCC[C@@]3(C(=O)O)C2)ccc1C#N. The summed E-state index contributed by atoms with van der Waals surface area (Å²) in [7, 11) is 0. The lowest BCUT2D eigenvalue weighted by Gasteiger charge is -2.23. The van der Waals surface area contributed by atoms with Crippen molar-refractivity contribution in [3.63, 3.8) is 0 Å². The molecule has 2 heterocycles. The second-order valence-corrected chi connectivity index (χ2v) is 5.85. The number of carboxylic acid groups (broad SMARTS) is 1. The Kier molecular flexibility index (Phi) is 2.89. The standard InChI is InChI=1S/C15H17N3O2/c1-10-11(7-16)4-5-13(17-10)18-8-12-3-2-6-15(12,9-18)14(19)20/h4-5,12H,2-3,6,8-9H2,1H3,(H,19,20)/t12-,15+/m0/s1. The van der Waals surface area contributed by atoms with Gasteiger partial charge in [-0.05, 0) is 37.8 Å². The van der Waals surface area contributed by atoms with Gasteiger partial charge in [0.1, 0.15) is 11.9 Å². The molecule has 0 aromatic carbocycles. The van der Waals surface area contributed by atoms with Gasteiger partial charge in [-0.2, -0.15) is 5.26 Å². The topological polar surface area (TPSA) is 77.2 Å². The molecule has 20 heavy (non-hydrogen) atoms. The number of pyridine rings is 1. The summed E-state index contributed by atoms with van der Waals surface area (Å²) in [6.45, 7) is 3.10. The van der Waals surface area contributed by atoms with Gasteiger partial charge in [0.25, 0.3) is 0 Å². The molecular formula is C15H17N3O2. The maximum Gasteiger partial charge on any atom is 0.311 e. The van der Waals surface area contributed by atoms with Crippen molar-refractivity contribution < 1.29 is 9.90 Å². The van der Waals surface area contributed by atoms with Crippen LogP contribution in [0.2, 0.25) is 0 Å². The first-order chi connectivity index (χ1) is 9.56. The summed E-state index contributed by atoms with van der Waals surface area (Å²) in [5.74, 6) is 0.335. The van der Waals surface area contributed by atoms with E-state index < -0.39 is 11.4 Å². The number of fused-ring (bicyclic) bond motifs is 1. The highest BCUT2D eigenvalue weighted by atomic mass is 16.4. The van der Waals surface area contributed by atoms with Gasteiger partial charge in [-0.25, -0.2) is 4.98 Å². The fourth-order valence-electron chi connectivity index (χ4n) is 3.66. The summed E-state index contributed by atoms with van der Waals surface area (Å²) >= 11 is 0. The zero-order valence-corrected chi connectivity index (χ0v) is 11.5. The number of hydrogen-bond donors (Lipinski definition) is 1. The quantitative estimate of drug-likeness (QED) is 0.889. The molecule has 1 saturated carbocycles. The Morgan fingerprint density at radius 1 is 1.60 bits per heavy atom. The molecule has 104 valence electrons. The monoisotopic (exact) mass is 271 g/mol. The number of carboxylic acids is 1. The van der Waals surface area contributed by atoms with Crippen molar-refractivity contribution in [1.29, 1.82) is 5.26 Å². The molecule has 0 amide bonds. The van der Waals surface area contributed by atoms with E-state index in [0.717, 1.165) is 31.6 Å². The van der Waals surface area contributed by atoms with E-state index in [1.54, 1.807) is 6.07 Å². The fraction of sp³-hybridized carbons (Fsp3) is 0.533. The lowest BCUT2D eigenvalue weighted by Crippen LogP contribution is -2.35. The van der Waals surface area contributed by atoms with Gasteiger partial charge in [0, 0.05) is 13.1 Å². The van der Waals surface area contributed by atoms with Gasteiger partial charge in [0.2, 0.25) is 0 Å². The van der Waals surface area contributed by atoms with Crippen LogP contribution in [0.4, 0.5) is 5.82 Å². The van der Waals surface area contributed by atoms with E-state index in [4.69, 9.17) is 5.26 Å². The Balaban J connectivity index is 1.89. The van der Waals surface area contributed by atoms with Crippen LogP contribution in [0, 0.1) is 29.6 Å². The molecule has 2 fully saturated rings. The predicted octanol–water partition coefficient (Wildman–Crippen LogP) is 1.95. The number of carbonyl (C=O) groups is 1. The maximum absolute atomic E-state index is 11.7. The van der Waals surface area contributed by atoms with Gasteiger partial charge in [-0.3, -0.25) is 4.79 Å². The van der Waals surface area contributed by atoms with Crippen LogP contribution in [0.15, 0.2) is 12.1 Å². The number of nitriles is 1. The molecule has 1 aliphatic carbocycles. The van der Waals surface area contributed by atoms with Crippen molar-refractivity contribution >= 4 is 11.8 Å². The molecule has 1 aliphatic heterocycles. The number of rotatable bonds is 2. The molecule has 5 heteroatoms. The Morgan fingerprint density at radius 2 is 2.40 bits per heavy atom. The van der Waals surface area contributed by atoms with Crippen LogP contribution in [0.1, 0.15) is 30.5 Å². The first-order valence-electron chi connectivity index (χ1n) is 6.93. The Morgan fingerprint density at radius 3 is 3.00 bits per heavy atom. The van der Waals surface area contributed by atoms with Crippen molar-refractivity contribution in [2.75, 3.05) is 18.0 Å². The van der Waals surface area contributed by atoms with Gasteiger partial charge in [-0.15, -0.1) is 0 Å². The van der Waals surface area contributed by atoms with Crippen LogP contribution in [-0.4, -0.2) is 29.1 Å². The van der Waals surface area contributed by atoms with Crippen molar-refractivity contribution in [3.05, 3.63) is 23.4 Å². The summed E-state index contributed by atoms with van der Waals surface area (Å²) in [6.07, 6.45) is 2.75. The molecule has 2 aliphatic rings. The Hall–Kier alpha value is -2.09. The highest BCUT2D eigenvalue weighted by Crippen LogP contribution is 2.49. The number of aliphatic carboxylic acids is 1. The predicted molar refractivity (Wildman–Crippen MR) is 73.3 cm³/mol. The Bertz CT molecular complexity index is 608. The number of aryl methyl sites for hydroxylation is 1. The number of anilines is 1. The second kappa shape index (κ2) is 4.48. The third kappa shape index (κ3) is 1.75. The molecule has 3 rings (SSSR count). The van der Waals surface area contributed by atoms with E-state index in [1.165, 1.54) is 0 Å². The van der Waals surface area contributed by atoms with Gasteiger partial charge < -0.3 is 10.0 Å². The average molecular weight is 271 g/mol. The minimum atomic E-state index is -0.673. The molecule has 0 bridgehead atoms. The van der Waals surface area contributed by atoms with Gasteiger partial charge in [0.15, 0.2) is 0 Å². The number of aromatic nitrogens is 1. The van der Waals surface area contributed by atoms with Crippen LogP contribution in [0.25, 0.3) is 0 Å². The zero-order chi connectivity index (χ0) is 14.3. The molecular weight excluding hydrogens is 254 g/mol. The third-order valence-corrected chi connectivity index (χ3v) is 4.81. The summed E-state index contributed by atoms with van der Waals surface area (Å²) in [4.78, 5) is 18.2. The van der Waals surface area contributed by atoms with Crippen molar-refractivity contribution in [1.82, 2.24) is 4.98 Å². The van der Waals surface area contributed by atoms with Crippen LogP contribution in [0.3, 0.4) is 0 Å². The number of nitrogens with zero attached hydrogens (tertiary/aromatic N) is 3. The largest absolute Gasteiger partial charge is 0.481 e. The Labute approximate surface area is 117 Å². The zero-order valence-electron chi connectivity index (χ0n) is 11.5. The van der Waals surface area contributed by atoms with E-state index in [-0.39, 0.29) is 5.92 Å². The summed E-state index contributed by atoms with van der Waals surface area (Å²) in [5, 5.41) is 18.5. The van der Waals surface area contributed by atoms with Gasteiger partial charge in [0.05, 0.1) is 16.7 Å². The van der Waals surface area contributed by atoms with Crippen molar-refractivity contribution in [2.24, 2.45) is 11.3 Å². The first-order valence-corrected chi connectivity index (χ1v) is 6.93. The fourth-order valence-corrected chi connectivity index (χ4v) is 3.66. The van der Waals surface area contributed by atoms with Crippen molar-refractivity contribution in [3.8, 4) is 6.07 Å².